The third-order valence-corrected chi connectivity index (χ3v) is 5.66. The molecular weight excluding hydrogens is 296 g/mol. The summed E-state index contributed by atoms with van der Waals surface area (Å²) >= 11 is 0. The first kappa shape index (κ1) is 18.6. The highest BCUT2D eigenvalue weighted by Crippen LogP contribution is 2.42. The normalized spacial score (nSPS) is 22.4. The van der Waals surface area contributed by atoms with Gasteiger partial charge in [0.25, 0.3) is 0 Å². The van der Waals surface area contributed by atoms with Crippen molar-refractivity contribution in [3.63, 3.8) is 0 Å². The van der Waals surface area contributed by atoms with E-state index >= 15 is 0 Å². The fourth-order valence-corrected chi connectivity index (χ4v) is 3.98. The van der Waals surface area contributed by atoms with Gasteiger partial charge in [0.1, 0.15) is 5.78 Å². The Balaban J connectivity index is 2.07. The van der Waals surface area contributed by atoms with Gasteiger partial charge >= 0.3 is 0 Å². The summed E-state index contributed by atoms with van der Waals surface area (Å²) in [5.41, 5.74) is 1.95. The summed E-state index contributed by atoms with van der Waals surface area (Å²) < 4.78 is 0. The Kier molecular flexibility index (Phi) is 5.79. The number of benzene rings is 1. The molecule has 0 fully saturated rings. The van der Waals surface area contributed by atoms with Crippen LogP contribution in [0.3, 0.4) is 0 Å². The molecular formula is C22H30O2. The maximum atomic E-state index is 12.9. The van der Waals surface area contributed by atoms with Gasteiger partial charge in [0, 0.05) is 23.8 Å². The number of Topliss-reactive ketones (excluding diaryl/α,β-unsaturated/α-hetero) is 2. The van der Waals surface area contributed by atoms with Crippen molar-refractivity contribution in [2.24, 2.45) is 23.2 Å². The number of hydrogen-bond acceptors (Lipinski definition) is 2. The van der Waals surface area contributed by atoms with Gasteiger partial charge < -0.3 is 0 Å². The standard InChI is InChI=1S/C22H30O2/c1-15-10-9-13-22(4,5)20(15)19(23)14-16(2)17(3)21(24)18-11-7-6-8-12-18/h6-8,10-12,16-17,20H,9,13-14H2,1-5H3. The molecule has 0 amide bonds. The van der Waals surface area contributed by atoms with Crippen LogP contribution in [-0.4, -0.2) is 11.6 Å². The van der Waals surface area contributed by atoms with E-state index < -0.39 is 0 Å². The number of rotatable bonds is 6. The summed E-state index contributed by atoms with van der Waals surface area (Å²) in [6, 6.07) is 9.38. The number of allylic oxidation sites excluding steroid dienone is 2. The lowest BCUT2D eigenvalue weighted by molar-refractivity contribution is -0.126. The average Bonchev–Trinajstić information content (AvgIpc) is 2.53. The maximum absolute atomic E-state index is 12.9. The Morgan fingerprint density at radius 3 is 2.38 bits per heavy atom. The zero-order chi connectivity index (χ0) is 17.9. The molecule has 0 aliphatic heterocycles. The maximum Gasteiger partial charge on any atom is 0.165 e. The molecule has 0 saturated carbocycles. The average molecular weight is 326 g/mol. The molecule has 1 aliphatic rings. The van der Waals surface area contributed by atoms with Gasteiger partial charge in [-0.15, -0.1) is 0 Å². The summed E-state index contributed by atoms with van der Waals surface area (Å²) in [6.45, 7) is 10.4. The lowest BCUT2D eigenvalue weighted by Gasteiger charge is -2.38. The lowest BCUT2D eigenvalue weighted by atomic mass is 9.65. The zero-order valence-corrected chi connectivity index (χ0v) is 15.6. The molecule has 1 aliphatic carbocycles. The van der Waals surface area contributed by atoms with Gasteiger partial charge in [-0.05, 0) is 31.1 Å². The second kappa shape index (κ2) is 7.46. The fraction of sp³-hybridized carbons (Fsp3) is 0.545. The van der Waals surface area contributed by atoms with Crippen LogP contribution in [0.15, 0.2) is 42.0 Å². The van der Waals surface area contributed by atoms with E-state index in [2.05, 4.69) is 26.8 Å². The molecule has 0 bridgehead atoms. The van der Waals surface area contributed by atoms with Gasteiger partial charge in [0.2, 0.25) is 0 Å². The SMILES string of the molecule is CC1=CCCC(C)(C)C1C(=O)CC(C)C(C)C(=O)c1ccccc1. The van der Waals surface area contributed by atoms with Crippen LogP contribution in [0.25, 0.3) is 0 Å². The van der Waals surface area contributed by atoms with Crippen molar-refractivity contribution in [2.75, 3.05) is 0 Å². The molecule has 0 heterocycles. The Bertz CT molecular complexity index is 625. The molecule has 3 atom stereocenters. The predicted octanol–water partition coefficient (Wildman–Crippen LogP) is 5.48. The van der Waals surface area contributed by atoms with Crippen LogP contribution in [-0.2, 0) is 4.79 Å². The Hall–Kier alpha value is -1.70. The molecule has 130 valence electrons. The largest absolute Gasteiger partial charge is 0.299 e. The van der Waals surface area contributed by atoms with E-state index in [1.165, 1.54) is 5.57 Å². The molecule has 2 heteroatoms. The zero-order valence-electron chi connectivity index (χ0n) is 15.6. The second-order valence-corrected chi connectivity index (χ2v) is 8.08. The first-order valence-corrected chi connectivity index (χ1v) is 9.02. The van der Waals surface area contributed by atoms with E-state index in [4.69, 9.17) is 0 Å². The minimum Gasteiger partial charge on any atom is -0.299 e. The van der Waals surface area contributed by atoms with Crippen LogP contribution in [0.5, 0.6) is 0 Å². The van der Waals surface area contributed by atoms with Crippen LogP contribution in [0, 0.1) is 23.2 Å². The van der Waals surface area contributed by atoms with Crippen molar-refractivity contribution in [3.05, 3.63) is 47.5 Å². The molecule has 0 aromatic heterocycles. The number of ketones is 2. The smallest absolute Gasteiger partial charge is 0.165 e. The fourth-order valence-electron chi connectivity index (χ4n) is 3.98. The van der Waals surface area contributed by atoms with Crippen LogP contribution in [0.1, 0.15) is 64.2 Å². The van der Waals surface area contributed by atoms with Crippen molar-refractivity contribution in [1.82, 2.24) is 0 Å². The highest BCUT2D eigenvalue weighted by molar-refractivity contribution is 5.98. The highest BCUT2D eigenvalue weighted by atomic mass is 16.1. The number of carbonyl (C=O) groups excluding carboxylic acids is 2. The van der Waals surface area contributed by atoms with Crippen LogP contribution in [0.2, 0.25) is 0 Å². The van der Waals surface area contributed by atoms with Crippen LogP contribution < -0.4 is 0 Å². The van der Waals surface area contributed by atoms with E-state index in [9.17, 15) is 9.59 Å². The molecule has 0 N–H and O–H groups in total. The predicted molar refractivity (Wildman–Crippen MR) is 99.0 cm³/mol. The minimum atomic E-state index is -0.146. The van der Waals surface area contributed by atoms with Crippen LogP contribution >= 0.6 is 0 Å². The van der Waals surface area contributed by atoms with Crippen molar-refractivity contribution in [2.45, 2.75) is 53.9 Å². The molecule has 0 spiro atoms. The van der Waals surface area contributed by atoms with Gasteiger partial charge in [0.15, 0.2) is 5.78 Å². The monoisotopic (exact) mass is 326 g/mol. The Morgan fingerprint density at radius 2 is 1.79 bits per heavy atom. The summed E-state index contributed by atoms with van der Waals surface area (Å²) in [7, 11) is 0. The Morgan fingerprint density at radius 1 is 1.17 bits per heavy atom. The quantitative estimate of drug-likeness (QED) is 0.512. The first-order valence-electron chi connectivity index (χ1n) is 9.02. The van der Waals surface area contributed by atoms with E-state index in [0.29, 0.717) is 6.42 Å². The molecule has 24 heavy (non-hydrogen) atoms. The molecule has 2 rings (SSSR count). The van der Waals surface area contributed by atoms with E-state index in [-0.39, 0.29) is 34.7 Å². The third kappa shape index (κ3) is 4.03. The molecule has 0 saturated heterocycles. The first-order chi connectivity index (χ1) is 11.2. The highest BCUT2D eigenvalue weighted by Gasteiger charge is 2.38. The molecule has 2 nitrogen and oxygen atoms in total. The third-order valence-electron chi connectivity index (χ3n) is 5.66. The van der Waals surface area contributed by atoms with Crippen LogP contribution in [0.4, 0.5) is 0 Å². The topological polar surface area (TPSA) is 34.1 Å². The van der Waals surface area contributed by atoms with Gasteiger partial charge in [-0.2, -0.15) is 0 Å². The van der Waals surface area contributed by atoms with Crippen molar-refractivity contribution >= 4 is 11.6 Å². The summed E-state index contributed by atoms with van der Waals surface area (Å²) in [4.78, 5) is 25.6. The molecule has 1 aromatic rings. The summed E-state index contributed by atoms with van der Waals surface area (Å²) in [5, 5.41) is 0. The number of hydrogen-bond donors (Lipinski definition) is 0. The van der Waals surface area contributed by atoms with Gasteiger partial charge in [0.05, 0.1) is 0 Å². The lowest BCUT2D eigenvalue weighted by Crippen LogP contribution is -2.36. The number of carbonyl (C=O) groups is 2. The van der Waals surface area contributed by atoms with Crippen molar-refractivity contribution in [3.8, 4) is 0 Å². The molecule has 1 aromatic carbocycles. The minimum absolute atomic E-state index is 0.00673. The van der Waals surface area contributed by atoms with Crippen molar-refractivity contribution < 1.29 is 9.59 Å². The van der Waals surface area contributed by atoms with Crippen molar-refractivity contribution in [1.29, 1.82) is 0 Å². The summed E-state index contributed by atoms with van der Waals surface area (Å²) in [5.74, 6) is 0.315. The molecule has 3 unspecified atom stereocenters. The van der Waals surface area contributed by atoms with Gasteiger partial charge in [-0.25, -0.2) is 0 Å². The van der Waals surface area contributed by atoms with Gasteiger partial charge in [-0.1, -0.05) is 69.7 Å². The summed E-state index contributed by atoms with van der Waals surface area (Å²) in [6.07, 6.45) is 4.78. The van der Waals surface area contributed by atoms with Gasteiger partial charge in [-0.3, -0.25) is 9.59 Å². The molecule has 0 radical (unpaired) electrons. The second-order valence-electron chi connectivity index (χ2n) is 8.08. The Labute approximate surface area is 146 Å². The van der Waals surface area contributed by atoms with E-state index in [0.717, 1.165) is 18.4 Å². The van der Waals surface area contributed by atoms with E-state index in [1.54, 1.807) is 0 Å². The van der Waals surface area contributed by atoms with E-state index in [1.807, 2.05) is 44.2 Å².